The molecule has 1 aromatic heterocycles. The number of aryl methyl sites for hydroxylation is 1. The molecule has 200 valence electrons. The Morgan fingerprint density at radius 2 is 1.66 bits per heavy atom. The van der Waals surface area contributed by atoms with Gasteiger partial charge in [-0.1, -0.05) is 38.1 Å². The van der Waals surface area contributed by atoms with Crippen molar-refractivity contribution in [1.29, 1.82) is 0 Å². The lowest BCUT2D eigenvalue weighted by Gasteiger charge is -2.40. The molecule has 0 saturated carbocycles. The van der Waals surface area contributed by atoms with Crippen LogP contribution in [0.2, 0.25) is 0 Å². The minimum Gasteiger partial charge on any atom is -0.493 e. The average molecular weight is 521 g/mol. The second-order valence-corrected chi connectivity index (χ2v) is 10.5. The number of aromatic carboxylic acids is 1. The molecule has 1 saturated heterocycles. The predicted octanol–water partition coefficient (Wildman–Crippen LogP) is 5.77. The number of aliphatic carboxylic acids is 1. The molecule has 2 aromatic carbocycles. The summed E-state index contributed by atoms with van der Waals surface area (Å²) in [6.07, 6.45) is 2.18. The van der Waals surface area contributed by atoms with Crippen molar-refractivity contribution in [2.24, 2.45) is 5.41 Å². The summed E-state index contributed by atoms with van der Waals surface area (Å²) in [5, 5.41) is 19.7. The summed E-state index contributed by atoms with van der Waals surface area (Å²) >= 11 is 0. The molecule has 0 atom stereocenters. The summed E-state index contributed by atoms with van der Waals surface area (Å²) in [6, 6.07) is 13.4. The average Bonchev–Trinajstić information content (AvgIpc) is 2.86. The van der Waals surface area contributed by atoms with Crippen LogP contribution in [0.25, 0.3) is 11.1 Å². The van der Waals surface area contributed by atoms with E-state index in [9.17, 15) is 24.2 Å². The highest BCUT2D eigenvalue weighted by Crippen LogP contribution is 2.42. The van der Waals surface area contributed by atoms with Crippen molar-refractivity contribution in [1.82, 2.24) is 4.98 Å². The van der Waals surface area contributed by atoms with Crippen LogP contribution in [-0.2, 0) is 17.6 Å². The first kappa shape index (κ1) is 27.1. The van der Waals surface area contributed by atoms with Crippen LogP contribution in [0.4, 0.5) is 10.1 Å². The Labute approximate surface area is 221 Å². The molecule has 4 rings (SSSR count). The second kappa shape index (κ2) is 11.2. The molecule has 1 fully saturated rings. The highest BCUT2D eigenvalue weighted by atomic mass is 19.1. The van der Waals surface area contributed by atoms with E-state index in [1.54, 1.807) is 43.3 Å². The summed E-state index contributed by atoms with van der Waals surface area (Å²) < 4.78 is 19.0. The summed E-state index contributed by atoms with van der Waals surface area (Å²) in [4.78, 5) is 30.6. The number of ether oxygens (including phenoxy) is 1. The molecule has 0 unspecified atom stereocenters. The normalized spacial score (nSPS) is 14.8. The molecule has 0 spiro atoms. The summed E-state index contributed by atoms with van der Waals surface area (Å²) in [5.41, 5.74) is 3.67. The maximum absolute atomic E-state index is 13.1. The monoisotopic (exact) mass is 520 g/mol. The lowest BCUT2D eigenvalue weighted by atomic mass is 9.82. The van der Waals surface area contributed by atoms with E-state index in [2.05, 4.69) is 23.7 Å². The number of carbonyl (C=O) groups is 2. The number of piperidine rings is 1. The van der Waals surface area contributed by atoms with Crippen LogP contribution < -0.4 is 9.64 Å². The molecule has 7 nitrogen and oxygen atoms in total. The smallest absolute Gasteiger partial charge is 0.355 e. The zero-order valence-electron chi connectivity index (χ0n) is 22.0. The van der Waals surface area contributed by atoms with Crippen LogP contribution in [0, 0.1) is 18.2 Å². The maximum atomic E-state index is 13.1. The number of benzene rings is 2. The molecule has 0 radical (unpaired) electrons. The maximum Gasteiger partial charge on any atom is 0.355 e. The van der Waals surface area contributed by atoms with Crippen LogP contribution in [-0.4, -0.2) is 46.8 Å². The molecular formula is C30H33FN2O5. The predicted molar refractivity (Wildman–Crippen MR) is 144 cm³/mol. The summed E-state index contributed by atoms with van der Waals surface area (Å²) in [7, 11) is 0. The molecule has 0 aliphatic carbocycles. The summed E-state index contributed by atoms with van der Waals surface area (Å²) in [5.74, 6) is -1.83. The Balaban J connectivity index is 1.68. The van der Waals surface area contributed by atoms with Gasteiger partial charge in [0.05, 0.1) is 18.7 Å². The number of carboxylic acids is 2. The number of anilines is 1. The molecule has 8 heteroatoms. The lowest BCUT2D eigenvalue weighted by molar-refractivity contribution is -0.136. The molecule has 0 bridgehead atoms. The van der Waals surface area contributed by atoms with E-state index in [1.807, 2.05) is 0 Å². The highest BCUT2D eigenvalue weighted by molar-refractivity contribution is 6.00. The van der Waals surface area contributed by atoms with Crippen molar-refractivity contribution in [3.8, 4) is 16.9 Å². The van der Waals surface area contributed by atoms with Gasteiger partial charge in [0.2, 0.25) is 0 Å². The van der Waals surface area contributed by atoms with Gasteiger partial charge in [-0.25, -0.2) is 14.2 Å². The number of pyridine rings is 1. The molecule has 1 aliphatic rings. The number of halogens is 1. The standard InChI is InChI=1S/C30H33FN2O5/c1-19-24(18-25(34)35)28(33-15-13-30(2,3)14-16-33)26(27(32-19)29(36)37)21-6-10-23(11-7-21)38-17-12-20-4-8-22(31)9-5-20/h4-11H,12-18H2,1-3H3,(H,34,35)(H,36,37). The van der Waals surface area contributed by atoms with Crippen molar-refractivity contribution < 1.29 is 28.9 Å². The third-order valence-electron chi connectivity index (χ3n) is 7.16. The fraction of sp³-hybridized carbons (Fsp3) is 0.367. The van der Waals surface area contributed by atoms with Gasteiger partial charge in [0.1, 0.15) is 11.6 Å². The van der Waals surface area contributed by atoms with E-state index in [0.29, 0.717) is 59.9 Å². The van der Waals surface area contributed by atoms with Gasteiger partial charge in [-0.3, -0.25) is 4.79 Å². The highest BCUT2D eigenvalue weighted by Gasteiger charge is 2.32. The van der Waals surface area contributed by atoms with Gasteiger partial charge in [-0.2, -0.15) is 0 Å². The third kappa shape index (κ3) is 6.30. The first-order valence-corrected chi connectivity index (χ1v) is 12.8. The van der Waals surface area contributed by atoms with Gasteiger partial charge in [-0.15, -0.1) is 0 Å². The largest absolute Gasteiger partial charge is 0.493 e. The Kier molecular flexibility index (Phi) is 7.99. The number of rotatable bonds is 9. The van der Waals surface area contributed by atoms with Crippen LogP contribution in [0.5, 0.6) is 5.75 Å². The zero-order valence-corrected chi connectivity index (χ0v) is 22.0. The van der Waals surface area contributed by atoms with Crippen LogP contribution in [0.1, 0.15) is 54.0 Å². The molecular weight excluding hydrogens is 487 g/mol. The fourth-order valence-electron chi connectivity index (χ4n) is 4.86. The number of hydrogen-bond donors (Lipinski definition) is 2. The van der Waals surface area contributed by atoms with Crippen LogP contribution in [0.3, 0.4) is 0 Å². The van der Waals surface area contributed by atoms with E-state index in [-0.39, 0.29) is 23.3 Å². The Hall–Kier alpha value is -3.94. The van der Waals surface area contributed by atoms with Crippen molar-refractivity contribution in [2.75, 3.05) is 24.6 Å². The van der Waals surface area contributed by atoms with Gasteiger partial charge in [0.15, 0.2) is 5.69 Å². The minimum atomic E-state index is -1.16. The van der Waals surface area contributed by atoms with Crippen molar-refractivity contribution in [3.05, 3.63) is 76.9 Å². The SMILES string of the molecule is Cc1nc(C(=O)O)c(-c2ccc(OCCc3ccc(F)cc3)cc2)c(N2CCC(C)(C)CC2)c1CC(=O)O. The van der Waals surface area contributed by atoms with E-state index >= 15 is 0 Å². The third-order valence-corrected chi connectivity index (χ3v) is 7.16. The molecule has 1 aliphatic heterocycles. The first-order valence-electron chi connectivity index (χ1n) is 12.8. The van der Waals surface area contributed by atoms with Gasteiger partial charge in [-0.05, 0) is 60.6 Å². The van der Waals surface area contributed by atoms with E-state index in [1.165, 1.54) is 12.1 Å². The Morgan fingerprint density at radius 1 is 1.03 bits per heavy atom. The number of nitrogens with zero attached hydrogens (tertiary/aromatic N) is 2. The van der Waals surface area contributed by atoms with E-state index in [4.69, 9.17) is 4.74 Å². The van der Waals surface area contributed by atoms with Crippen LogP contribution >= 0.6 is 0 Å². The van der Waals surface area contributed by atoms with Crippen molar-refractivity contribution in [3.63, 3.8) is 0 Å². The Bertz CT molecular complexity index is 1310. The quantitative estimate of drug-likeness (QED) is 0.369. The molecule has 3 aromatic rings. The van der Waals surface area contributed by atoms with Crippen molar-refractivity contribution >= 4 is 17.6 Å². The second-order valence-electron chi connectivity index (χ2n) is 10.5. The van der Waals surface area contributed by atoms with Crippen molar-refractivity contribution in [2.45, 2.75) is 46.5 Å². The molecule has 38 heavy (non-hydrogen) atoms. The van der Waals surface area contributed by atoms with E-state index < -0.39 is 11.9 Å². The molecule has 0 amide bonds. The van der Waals surface area contributed by atoms with Crippen LogP contribution in [0.15, 0.2) is 48.5 Å². The minimum absolute atomic E-state index is 0.0959. The Morgan fingerprint density at radius 3 is 2.24 bits per heavy atom. The molecule has 2 heterocycles. The number of aromatic nitrogens is 1. The van der Waals surface area contributed by atoms with Gasteiger partial charge < -0.3 is 19.8 Å². The fourth-order valence-corrected chi connectivity index (χ4v) is 4.86. The number of carboxylic acid groups (broad SMARTS) is 2. The zero-order chi connectivity index (χ0) is 27.4. The summed E-state index contributed by atoms with van der Waals surface area (Å²) in [6.45, 7) is 7.87. The number of hydrogen-bond acceptors (Lipinski definition) is 5. The first-order chi connectivity index (χ1) is 18.0. The van der Waals surface area contributed by atoms with Gasteiger partial charge in [0, 0.05) is 36.3 Å². The van der Waals surface area contributed by atoms with Gasteiger partial charge in [0.25, 0.3) is 0 Å². The van der Waals surface area contributed by atoms with Gasteiger partial charge >= 0.3 is 11.9 Å². The lowest BCUT2D eigenvalue weighted by Crippen LogP contribution is -2.38. The van der Waals surface area contributed by atoms with E-state index in [0.717, 1.165) is 18.4 Å². The molecule has 2 N–H and O–H groups in total. The topological polar surface area (TPSA) is 100.0 Å².